The molecule has 0 heterocycles. The molecule has 0 aliphatic heterocycles. The summed E-state index contributed by atoms with van der Waals surface area (Å²) < 4.78 is 13.7. The molecule has 0 spiro atoms. The van der Waals surface area contributed by atoms with Gasteiger partial charge in [-0.1, -0.05) is 259 Å². The third-order valence-electron chi connectivity index (χ3n) is 14.2. The SMILES string of the molecule is CCCCCCOc1ccc2cc(-c3ccc(C=C(c4ccccc4)c4ccccc4)cc3)ccc2c1-c1c(OCCCCCC)ccc2cc(-c3ccc(C=C(c4ccccc4)c4ccccc4)cc3)ccc12. The van der Waals surface area contributed by atoms with E-state index in [0.717, 1.165) is 81.0 Å². The van der Waals surface area contributed by atoms with Crippen LogP contribution >= 0.6 is 0 Å². The van der Waals surface area contributed by atoms with Crippen molar-refractivity contribution >= 4 is 44.8 Å². The first-order valence-electron chi connectivity index (χ1n) is 26.9. The lowest BCUT2D eigenvalue weighted by atomic mass is 9.89. The van der Waals surface area contributed by atoms with Crippen LogP contribution in [-0.4, -0.2) is 13.2 Å². The fourth-order valence-corrected chi connectivity index (χ4v) is 10.2. The summed E-state index contributed by atoms with van der Waals surface area (Å²) in [6, 6.07) is 83.3. The van der Waals surface area contributed by atoms with Crippen molar-refractivity contribution in [3.05, 3.63) is 264 Å². The van der Waals surface area contributed by atoms with Crippen molar-refractivity contribution in [3.63, 3.8) is 0 Å². The molecule has 0 aliphatic rings. The molecule has 0 bridgehead atoms. The third-order valence-corrected chi connectivity index (χ3v) is 14.2. The number of fused-ring (bicyclic) bond motifs is 2. The number of unbranched alkanes of at least 4 members (excludes halogenated alkanes) is 6. The molecule has 0 saturated carbocycles. The van der Waals surface area contributed by atoms with E-state index in [4.69, 9.17) is 9.47 Å². The zero-order chi connectivity index (χ0) is 50.3. The molecule has 10 rings (SSSR count). The van der Waals surface area contributed by atoms with Gasteiger partial charge in [0.05, 0.1) is 13.2 Å². The summed E-state index contributed by atoms with van der Waals surface area (Å²) >= 11 is 0. The molecule has 74 heavy (non-hydrogen) atoms. The monoisotopic (exact) mass is 963 g/mol. The molecule has 0 aromatic heterocycles. The Balaban J connectivity index is 1.03. The largest absolute Gasteiger partial charge is 0.493 e. The Morgan fingerprint density at radius 2 is 0.662 bits per heavy atom. The van der Waals surface area contributed by atoms with E-state index in [1.807, 2.05) is 0 Å². The normalized spacial score (nSPS) is 11.1. The Morgan fingerprint density at radius 1 is 0.324 bits per heavy atom. The van der Waals surface area contributed by atoms with Gasteiger partial charge in [0.2, 0.25) is 0 Å². The highest BCUT2D eigenvalue weighted by atomic mass is 16.5. The lowest BCUT2D eigenvalue weighted by Crippen LogP contribution is -2.03. The van der Waals surface area contributed by atoms with Crippen LogP contribution in [0.25, 0.3) is 78.2 Å². The van der Waals surface area contributed by atoms with Crippen molar-refractivity contribution in [1.82, 2.24) is 0 Å². The zero-order valence-corrected chi connectivity index (χ0v) is 43.0. The maximum Gasteiger partial charge on any atom is 0.127 e. The highest BCUT2D eigenvalue weighted by Crippen LogP contribution is 2.47. The van der Waals surface area contributed by atoms with Crippen LogP contribution in [0.15, 0.2) is 231 Å². The molecule has 0 aliphatic carbocycles. The van der Waals surface area contributed by atoms with Crippen LogP contribution in [0.1, 0.15) is 98.6 Å². The van der Waals surface area contributed by atoms with Gasteiger partial charge in [0, 0.05) is 11.1 Å². The fraction of sp³-hybridized carbons (Fsp3) is 0.167. The lowest BCUT2D eigenvalue weighted by molar-refractivity contribution is 0.302. The minimum absolute atomic E-state index is 0.666. The van der Waals surface area contributed by atoms with Crippen LogP contribution in [-0.2, 0) is 0 Å². The van der Waals surface area contributed by atoms with Gasteiger partial charge in [-0.15, -0.1) is 0 Å². The highest BCUT2D eigenvalue weighted by Gasteiger charge is 2.21. The number of hydrogen-bond acceptors (Lipinski definition) is 2. The average Bonchev–Trinajstić information content (AvgIpc) is 3.47. The van der Waals surface area contributed by atoms with E-state index in [2.05, 4.69) is 257 Å². The summed E-state index contributed by atoms with van der Waals surface area (Å²) in [6.45, 7) is 5.84. The van der Waals surface area contributed by atoms with Crippen molar-refractivity contribution in [3.8, 4) is 44.9 Å². The summed E-state index contributed by atoms with van der Waals surface area (Å²) in [4.78, 5) is 0. The molecule has 0 N–H and O–H groups in total. The Hall–Kier alpha value is -8.20. The molecule has 10 aromatic rings. The van der Waals surface area contributed by atoms with Gasteiger partial charge in [-0.2, -0.15) is 0 Å². The maximum absolute atomic E-state index is 6.85. The summed E-state index contributed by atoms with van der Waals surface area (Å²) in [5.74, 6) is 1.79. The maximum atomic E-state index is 6.85. The summed E-state index contributed by atoms with van der Waals surface area (Å²) in [5.41, 5.74) is 16.4. The quantitative estimate of drug-likeness (QED) is 0.0528. The zero-order valence-electron chi connectivity index (χ0n) is 43.0. The molecule has 0 unspecified atom stereocenters. The van der Waals surface area contributed by atoms with Gasteiger partial charge < -0.3 is 9.47 Å². The number of ether oxygens (including phenoxy) is 2. The minimum Gasteiger partial charge on any atom is -0.493 e. The molecule has 0 radical (unpaired) electrons. The molecular formula is C72H66O2. The first kappa shape index (κ1) is 49.4. The minimum atomic E-state index is 0.666. The molecular weight excluding hydrogens is 897 g/mol. The molecule has 0 atom stereocenters. The number of rotatable bonds is 21. The van der Waals surface area contributed by atoms with Gasteiger partial charge in [-0.25, -0.2) is 0 Å². The topological polar surface area (TPSA) is 18.5 Å². The lowest BCUT2D eigenvalue weighted by Gasteiger charge is -2.20. The molecule has 0 amide bonds. The molecule has 366 valence electrons. The second kappa shape index (κ2) is 24.5. The standard InChI is InChI=1S/C72H66O2/c1-3-5-7-21-47-73-69-45-41-63-51-61(55-35-31-53(32-36-55)49-67(57-23-13-9-14-24-57)58-25-15-10-16-26-58)39-43-65(63)71(69)72-66-44-40-62(52-64(66)42-46-70(72)74-48-22-8-6-4-2)56-37-33-54(34-38-56)50-68(59-27-17-11-18-28-59)60-29-19-12-20-30-60/h9-20,23-46,49-52H,3-8,21-22,47-48H2,1-2H3. The Bertz CT molecular complexity index is 3140. The van der Waals surface area contributed by atoms with Crippen molar-refractivity contribution in [2.45, 2.75) is 65.2 Å². The molecule has 10 aromatic carbocycles. The summed E-state index contributed by atoms with van der Waals surface area (Å²) in [5, 5.41) is 4.62. The van der Waals surface area contributed by atoms with Gasteiger partial charge in [-0.05, 0) is 138 Å². The highest BCUT2D eigenvalue weighted by molar-refractivity contribution is 6.11. The van der Waals surface area contributed by atoms with Gasteiger partial charge >= 0.3 is 0 Å². The van der Waals surface area contributed by atoms with E-state index in [1.54, 1.807) is 0 Å². The van der Waals surface area contributed by atoms with Crippen LogP contribution in [0, 0.1) is 0 Å². The average molecular weight is 963 g/mol. The number of benzene rings is 10. The Labute approximate surface area is 439 Å². The van der Waals surface area contributed by atoms with E-state index in [-0.39, 0.29) is 0 Å². The van der Waals surface area contributed by atoms with E-state index in [0.29, 0.717) is 13.2 Å². The van der Waals surface area contributed by atoms with Crippen molar-refractivity contribution in [2.24, 2.45) is 0 Å². The first-order chi connectivity index (χ1) is 36.6. The van der Waals surface area contributed by atoms with Crippen LogP contribution in [0.2, 0.25) is 0 Å². The number of hydrogen-bond donors (Lipinski definition) is 0. The summed E-state index contributed by atoms with van der Waals surface area (Å²) in [7, 11) is 0. The third kappa shape index (κ3) is 11.8. The van der Waals surface area contributed by atoms with Gasteiger partial charge in [0.25, 0.3) is 0 Å². The fourth-order valence-electron chi connectivity index (χ4n) is 10.2. The van der Waals surface area contributed by atoms with Gasteiger partial charge in [0.1, 0.15) is 11.5 Å². The first-order valence-corrected chi connectivity index (χ1v) is 26.9. The second-order valence-electron chi connectivity index (χ2n) is 19.4. The van der Waals surface area contributed by atoms with Gasteiger partial charge in [0.15, 0.2) is 0 Å². The molecule has 2 nitrogen and oxygen atoms in total. The second-order valence-corrected chi connectivity index (χ2v) is 19.4. The molecule has 0 fully saturated rings. The molecule has 2 heteroatoms. The molecule has 0 saturated heterocycles. The van der Waals surface area contributed by atoms with Crippen molar-refractivity contribution in [2.75, 3.05) is 13.2 Å². The van der Waals surface area contributed by atoms with E-state index in [9.17, 15) is 0 Å². The summed E-state index contributed by atoms with van der Waals surface area (Å²) in [6.07, 6.45) is 13.7. The van der Waals surface area contributed by atoms with E-state index in [1.165, 1.54) is 81.3 Å². The van der Waals surface area contributed by atoms with Crippen LogP contribution in [0.4, 0.5) is 0 Å². The smallest absolute Gasteiger partial charge is 0.127 e. The van der Waals surface area contributed by atoms with Crippen LogP contribution < -0.4 is 9.47 Å². The Kier molecular flexibility index (Phi) is 16.3. The van der Waals surface area contributed by atoms with Crippen molar-refractivity contribution in [1.29, 1.82) is 0 Å². The predicted molar refractivity (Wildman–Crippen MR) is 317 cm³/mol. The van der Waals surface area contributed by atoms with Gasteiger partial charge in [-0.3, -0.25) is 0 Å². The predicted octanol–water partition coefficient (Wildman–Crippen LogP) is 20.1. The van der Waals surface area contributed by atoms with Crippen LogP contribution in [0.3, 0.4) is 0 Å². The van der Waals surface area contributed by atoms with E-state index >= 15 is 0 Å². The van der Waals surface area contributed by atoms with Crippen LogP contribution in [0.5, 0.6) is 11.5 Å². The van der Waals surface area contributed by atoms with Crippen molar-refractivity contribution < 1.29 is 9.47 Å². The Morgan fingerprint density at radius 3 is 1.00 bits per heavy atom. The van der Waals surface area contributed by atoms with E-state index < -0.39 is 0 Å².